The first-order valence-corrected chi connectivity index (χ1v) is 8.79. The summed E-state index contributed by atoms with van der Waals surface area (Å²) in [6.45, 7) is 4.81. The van der Waals surface area contributed by atoms with Gasteiger partial charge in [0.2, 0.25) is 10.0 Å². The van der Waals surface area contributed by atoms with Gasteiger partial charge in [-0.15, -0.1) is 0 Å². The zero-order chi connectivity index (χ0) is 14.7. The third-order valence-corrected chi connectivity index (χ3v) is 4.50. The van der Waals surface area contributed by atoms with Crippen molar-refractivity contribution in [2.24, 2.45) is 0 Å². The van der Waals surface area contributed by atoms with Crippen molar-refractivity contribution in [2.75, 3.05) is 12.8 Å². The van der Waals surface area contributed by atoms with E-state index < -0.39 is 15.6 Å². The van der Waals surface area contributed by atoms with E-state index in [-0.39, 0.29) is 0 Å². The van der Waals surface area contributed by atoms with Gasteiger partial charge in [-0.05, 0) is 47.5 Å². The maximum atomic E-state index is 11.2. The number of sulfonamides is 1. The molecule has 1 rings (SSSR count). The molecule has 0 saturated heterocycles. The van der Waals surface area contributed by atoms with Crippen LogP contribution in [-0.2, 0) is 16.6 Å². The summed E-state index contributed by atoms with van der Waals surface area (Å²) in [5.74, 6) is 0. The first-order chi connectivity index (χ1) is 8.59. The van der Waals surface area contributed by atoms with Crippen LogP contribution in [0, 0.1) is 0 Å². The van der Waals surface area contributed by atoms with E-state index in [4.69, 9.17) is 11.6 Å². The second-order valence-electron chi connectivity index (χ2n) is 5.11. The van der Waals surface area contributed by atoms with Gasteiger partial charge in [0.25, 0.3) is 0 Å². The third-order valence-electron chi connectivity index (χ3n) is 2.34. The van der Waals surface area contributed by atoms with Crippen molar-refractivity contribution in [3.8, 4) is 0 Å². The largest absolute Gasteiger partial charge is 0.311 e. The molecule has 0 unspecified atom stereocenters. The molecule has 4 nitrogen and oxygen atoms in total. The van der Waals surface area contributed by atoms with Crippen LogP contribution in [-0.4, -0.2) is 26.8 Å². The molecule has 108 valence electrons. The van der Waals surface area contributed by atoms with Crippen LogP contribution < -0.4 is 10.0 Å². The molecule has 0 fully saturated rings. The number of halogens is 2. The summed E-state index contributed by atoms with van der Waals surface area (Å²) in [6.07, 6.45) is 1.16. The minimum Gasteiger partial charge on any atom is -0.311 e. The Hall–Kier alpha value is -0.140. The number of hydrogen-bond acceptors (Lipinski definition) is 3. The molecule has 19 heavy (non-hydrogen) atoms. The van der Waals surface area contributed by atoms with Crippen molar-refractivity contribution in [3.63, 3.8) is 0 Å². The quantitative estimate of drug-likeness (QED) is 0.810. The molecule has 7 heteroatoms. The van der Waals surface area contributed by atoms with Gasteiger partial charge in [-0.2, -0.15) is 0 Å². The second-order valence-corrected chi connectivity index (χ2v) is 8.12. The maximum Gasteiger partial charge on any atom is 0.209 e. The minimum absolute atomic E-state index is 0.522. The van der Waals surface area contributed by atoms with Crippen LogP contribution in [0.3, 0.4) is 0 Å². The smallest absolute Gasteiger partial charge is 0.209 e. The van der Waals surface area contributed by atoms with Crippen LogP contribution in [0.15, 0.2) is 22.7 Å². The number of hydrogen-bond donors (Lipinski definition) is 2. The molecule has 1 aromatic rings. The summed E-state index contributed by atoms with van der Waals surface area (Å²) in [4.78, 5) is 0. The van der Waals surface area contributed by atoms with E-state index in [9.17, 15) is 8.42 Å². The van der Waals surface area contributed by atoms with Gasteiger partial charge in [0.05, 0.1) is 11.3 Å². The number of benzene rings is 1. The van der Waals surface area contributed by atoms with Gasteiger partial charge >= 0.3 is 0 Å². The average Bonchev–Trinajstić information content (AvgIpc) is 2.19. The van der Waals surface area contributed by atoms with E-state index in [0.717, 1.165) is 16.3 Å². The van der Waals surface area contributed by atoms with E-state index in [1.807, 2.05) is 32.0 Å². The van der Waals surface area contributed by atoms with E-state index >= 15 is 0 Å². The monoisotopic (exact) mass is 368 g/mol. The van der Waals surface area contributed by atoms with E-state index in [1.54, 1.807) is 0 Å². The topological polar surface area (TPSA) is 58.2 Å². The zero-order valence-electron chi connectivity index (χ0n) is 11.1. The van der Waals surface area contributed by atoms with Crippen molar-refractivity contribution in [1.82, 2.24) is 10.0 Å². The molecule has 0 spiro atoms. The van der Waals surface area contributed by atoms with Gasteiger partial charge in [0.15, 0.2) is 0 Å². The molecule has 0 bridgehead atoms. The van der Waals surface area contributed by atoms with Gasteiger partial charge in [-0.3, -0.25) is 0 Å². The Bertz CT molecular complexity index is 547. The molecule has 0 radical (unpaired) electrons. The predicted octanol–water partition coefficient (Wildman–Crippen LogP) is 2.52. The van der Waals surface area contributed by atoms with Gasteiger partial charge in [0.1, 0.15) is 0 Å². The highest BCUT2D eigenvalue weighted by Crippen LogP contribution is 2.23. The highest BCUT2D eigenvalue weighted by atomic mass is 79.9. The van der Waals surface area contributed by atoms with Gasteiger partial charge in [-0.25, -0.2) is 13.1 Å². The minimum atomic E-state index is -3.21. The van der Waals surface area contributed by atoms with Gasteiger partial charge in [0, 0.05) is 23.1 Å². The first kappa shape index (κ1) is 16.9. The van der Waals surface area contributed by atoms with Crippen LogP contribution in [0.4, 0.5) is 0 Å². The Morgan fingerprint density at radius 1 is 1.37 bits per heavy atom. The molecule has 0 aliphatic heterocycles. The highest BCUT2D eigenvalue weighted by Gasteiger charge is 2.21. The van der Waals surface area contributed by atoms with Crippen LogP contribution >= 0.6 is 27.5 Å². The van der Waals surface area contributed by atoms with Crippen LogP contribution in [0.2, 0.25) is 5.02 Å². The van der Waals surface area contributed by atoms with E-state index in [0.29, 0.717) is 18.1 Å². The molecule has 0 aliphatic carbocycles. The molecule has 2 N–H and O–H groups in total. The van der Waals surface area contributed by atoms with Crippen molar-refractivity contribution in [1.29, 1.82) is 0 Å². The van der Waals surface area contributed by atoms with Crippen molar-refractivity contribution >= 4 is 37.6 Å². The molecule has 0 aliphatic rings. The third kappa shape index (κ3) is 6.72. The summed E-state index contributed by atoms with van der Waals surface area (Å²) < 4.78 is 25.8. The second kappa shape index (κ2) is 6.54. The highest BCUT2D eigenvalue weighted by molar-refractivity contribution is 9.10. The Kier molecular flexibility index (Phi) is 5.82. The standard InChI is InChI=1S/C12H18BrClN2O2S/c1-12(2,16-19(3,17)18)8-15-7-9-4-5-10(13)11(14)6-9/h4-6,15-16H,7-8H2,1-3H3. The molecule has 0 saturated carbocycles. The van der Waals surface area contributed by atoms with Crippen LogP contribution in [0.5, 0.6) is 0 Å². The van der Waals surface area contributed by atoms with E-state index in [2.05, 4.69) is 26.0 Å². The fourth-order valence-electron chi connectivity index (χ4n) is 1.71. The summed E-state index contributed by atoms with van der Waals surface area (Å²) in [5, 5.41) is 3.87. The molecule has 0 atom stereocenters. The summed E-state index contributed by atoms with van der Waals surface area (Å²) >= 11 is 9.34. The lowest BCUT2D eigenvalue weighted by molar-refractivity contribution is 0.421. The summed E-state index contributed by atoms with van der Waals surface area (Å²) in [7, 11) is -3.21. The van der Waals surface area contributed by atoms with Crippen molar-refractivity contribution in [2.45, 2.75) is 25.9 Å². The Balaban J connectivity index is 2.51. The lowest BCUT2D eigenvalue weighted by atomic mass is 10.1. The maximum absolute atomic E-state index is 11.2. The van der Waals surface area contributed by atoms with E-state index in [1.165, 1.54) is 0 Å². The molecule has 0 heterocycles. The van der Waals surface area contributed by atoms with Gasteiger partial charge in [-0.1, -0.05) is 17.7 Å². The number of rotatable bonds is 6. The Labute approximate surface area is 128 Å². The molecule has 1 aromatic carbocycles. The molecule has 0 amide bonds. The van der Waals surface area contributed by atoms with Crippen LogP contribution in [0.25, 0.3) is 0 Å². The van der Waals surface area contributed by atoms with Crippen molar-refractivity contribution < 1.29 is 8.42 Å². The van der Waals surface area contributed by atoms with Gasteiger partial charge < -0.3 is 5.32 Å². The summed E-state index contributed by atoms with van der Waals surface area (Å²) in [6, 6.07) is 5.72. The van der Waals surface area contributed by atoms with Crippen LogP contribution in [0.1, 0.15) is 19.4 Å². The molecule has 0 aromatic heterocycles. The Morgan fingerprint density at radius 2 is 2.00 bits per heavy atom. The Morgan fingerprint density at radius 3 is 2.53 bits per heavy atom. The fourth-order valence-corrected chi connectivity index (χ4v) is 3.23. The molecular weight excluding hydrogens is 352 g/mol. The van der Waals surface area contributed by atoms with Crippen molar-refractivity contribution in [3.05, 3.63) is 33.3 Å². The lowest BCUT2D eigenvalue weighted by Crippen LogP contribution is -2.49. The lowest BCUT2D eigenvalue weighted by Gasteiger charge is -2.25. The SMILES string of the molecule is CC(C)(CNCc1ccc(Br)c(Cl)c1)NS(C)(=O)=O. The number of nitrogens with one attached hydrogen (secondary N) is 2. The average molecular weight is 370 g/mol. The normalized spacial score (nSPS) is 12.7. The first-order valence-electron chi connectivity index (χ1n) is 5.73. The zero-order valence-corrected chi connectivity index (χ0v) is 14.3. The summed E-state index contributed by atoms with van der Waals surface area (Å²) in [5.41, 5.74) is 0.510. The molecular formula is C12H18BrClN2O2S. The predicted molar refractivity (Wildman–Crippen MR) is 82.9 cm³/mol. The fraction of sp³-hybridized carbons (Fsp3) is 0.500.